The Hall–Kier alpha value is -1.43. The SMILES string of the molecule is CCNC(=NCC(=O)N(C)CC(F)(F)F)NCCc1ccc(OC)cc1Cl.I. The summed E-state index contributed by atoms with van der Waals surface area (Å²) in [6.07, 6.45) is -3.84. The maximum Gasteiger partial charge on any atom is 0.406 e. The van der Waals surface area contributed by atoms with E-state index in [1.165, 1.54) is 0 Å². The third-order valence-electron chi connectivity index (χ3n) is 3.51. The third-order valence-corrected chi connectivity index (χ3v) is 3.86. The molecule has 0 saturated heterocycles. The van der Waals surface area contributed by atoms with E-state index in [0.29, 0.717) is 41.1 Å². The molecule has 0 saturated carbocycles. The second kappa shape index (κ2) is 12.9. The predicted molar refractivity (Wildman–Crippen MR) is 115 cm³/mol. The van der Waals surface area contributed by atoms with Crippen LogP contribution in [0.5, 0.6) is 5.75 Å². The first-order valence-corrected chi connectivity index (χ1v) is 8.69. The molecule has 1 rings (SSSR count). The Morgan fingerprint density at radius 3 is 2.54 bits per heavy atom. The smallest absolute Gasteiger partial charge is 0.406 e. The molecule has 1 amide bonds. The highest BCUT2D eigenvalue weighted by molar-refractivity contribution is 14.0. The summed E-state index contributed by atoms with van der Waals surface area (Å²) in [5.41, 5.74) is 0.904. The van der Waals surface area contributed by atoms with Gasteiger partial charge in [0.1, 0.15) is 18.8 Å². The van der Waals surface area contributed by atoms with Crippen molar-refractivity contribution in [1.29, 1.82) is 0 Å². The van der Waals surface area contributed by atoms with Gasteiger partial charge in [-0.3, -0.25) is 4.79 Å². The van der Waals surface area contributed by atoms with Crippen molar-refractivity contribution in [1.82, 2.24) is 15.5 Å². The molecule has 0 unspecified atom stereocenters. The van der Waals surface area contributed by atoms with Gasteiger partial charge >= 0.3 is 6.18 Å². The summed E-state index contributed by atoms with van der Waals surface area (Å²) in [6, 6.07) is 5.36. The third kappa shape index (κ3) is 10.2. The highest BCUT2D eigenvalue weighted by atomic mass is 127. The minimum absolute atomic E-state index is 0. The van der Waals surface area contributed by atoms with E-state index in [1.54, 1.807) is 19.2 Å². The highest BCUT2D eigenvalue weighted by Gasteiger charge is 2.31. The average molecular weight is 537 g/mol. The van der Waals surface area contributed by atoms with Gasteiger partial charge in [-0.1, -0.05) is 17.7 Å². The Bertz CT molecular complexity index is 660. The van der Waals surface area contributed by atoms with E-state index in [2.05, 4.69) is 15.6 Å². The lowest BCUT2D eigenvalue weighted by Crippen LogP contribution is -2.40. The molecule has 0 spiro atoms. The molecule has 1 aromatic carbocycles. The van der Waals surface area contributed by atoms with Crippen molar-refractivity contribution in [3.63, 3.8) is 0 Å². The molecule has 0 aliphatic rings. The quantitative estimate of drug-likeness (QED) is 0.305. The molecular weight excluding hydrogens is 512 g/mol. The molecule has 160 valence electrons. The van der Waals surface area contributed by atoms with Crippen LogP contribution >= 0.6 is 35.6 Å². The van der Waals surface area contributed by atoms with E-state index < -0.39 is 18.6 Å². The molecule has 0 aliphatic heterocycles. The molecule has 6 nitrogen and oxygen atoms in total. The van der Waals surface area contributed by atoms with E-state index in [0.717, 1.165) is 12.6 Å². The number of hydrogen-bond donors (Lipinski definition) is 2. The summed E-state index contributed by atoms with van der Waals surface area (Å²) in [5.74, 6) is 0.284. The summed E-state index contributed by atoms with van der Waals surface area (Å²) in [4.78, 5) is 16.4. The van der Waals surface area contributed by atoms with Gasteiger partial charge in [-0.05, 0) is 31.0 Å². The lowest BCUT2D eigenvalue weighted by atomic mass is 10.1. The van der Waals surface area contributed by atoms with Gasteiger partial charge < -0.3 is 20.3 Å². The summed E-state index contributed by atoms with van der Waals surface area (Å²) < 4.78 is 42.1. The molecule has 0 aromatic heterocycles. The maximum absolute atomic E-state index is 12.3. The lowest BCUT2D eigenvalue weighted by molar-refractivity contribution is -0.157. The minimum atomic E-state index is -4.44. The summed E-state index contributed by atoms with van der Waals surface area (Å²) in [6.45, 7) is 1.17. The Labute approximate surface area is 184 Å². The van der Waals surface area contributed by atoms with Gasteiger partial charge in [0, 0.05) is 25.2 Å². The van der Waals surface area contributed by atoms with E-state index in [4.69, 9.17) is 16.3 Å². The molecule has 1 aromatic rings. The standard InChI is InChI=1S/C17H24ClF3N4O2.HI/c1-4-22-16(24-10-15(26)25(2)11-17(19,20)21)23-8-7-12-5-6-13(27-3)9-14(12)18;/h5-6,9H,4,7-8,10-11H2,1-3H3,(H2,22,23,24);1H. The van der Waals surface area contributed by atoms with Crippen LogP contribution < -0.4 is 15.4 Å². The van der Waals surface area contributed by atoms with Gasteiger partial charge in [0.25, 0.3) is 0 Å². The first kappa shape index (κ1) is 26.6. The number of hydrogen-bond acceptors (Lipinski definition) is 3. The van der Waals surface area contributed by atoms with Crippen LogP contribution in [-0.4, -0.2) is 63.3 Å². The van der Waals surface area contributed by atoms with Gasteiger partial charge in [-0.25, -0.2) is 4.99 Å². The number of methoxy groups -OCH3 is 1. The second-order valence-electron chi connectivity index (χ2n) is 5.69. The highest BCUT2D eigenvalue weighted by Crippen LogP contribution is 2.22. The number of carbonyl (C=O) groups excluding carboxylic acids is 1. The fraction of sp³-hybridized carbons (Fsp3) is 0.529. The minimum Gasteiger partial charge on any atom is -0.497 e. The molecule has 2 N–H and O–H groups in total. The predicted octanol–water partition coefficient (Wildman–Crippen LogP) is 3.08. The molecule has 0 atom stereocenters. The van der Waals surface area contributed by atoms with Crippen molar-refractivity contribution >= 4 is 47.4 Å². The van der Waals surface area contributed by atoms with E-state index in [1.807, 2.05) is 13.0 Å². The fourth-order valence-corrected chi connectivity index (χ4v) is 2.40. The number of nitrogens with zero attached hydrogens (tertiary/aromatic N) is 2. The number of aliphatic imine (C=N–C) groups is 1. The van der Waals surface area contributed by atoms with Crippen LogP contribution in [0.4, 0.5) is 13.2 Å². The van der Waals surface area contributed by atoms with Gasteiger partial charge in [0.15, 0.2) is 5.96 Å². The number of halogens is 5. The molecule has 0 aliphatic carbocycles. The molecule has 0 bridgehead atoms. The maximum atomic E-state index is 12.3. The first-order chi connectivity index (χ1) is 12.7. The number of benzene rings is 1. The number of ether oxygens (including phenoxy) is 1. The van der Waals surface area contributed by atoms with Gasteiger partial charge in [0.05, 0.1) is 7.11 Å². The van der Waals surface area contributed by atoms with Crippen molar-refractivity contribution in [2.45, 2.75) is 19.5 Å². The van der Waals surface area contributed by atoms with Crippen LogP contribution in [0.25, 0.3) is 0 Å². The molecular formula is C17H25ClF3IN4O2. The number of amides is 1. The van der Waals surface area contributed by atoms with Crippen molar-refractivity contribution in [3.8, 4) is 5.75 Å². The number of carbonyl (C=O) groups is 1. The Balaban J connectivity index is 0.00000729. The van der Waals surface area contributed by atoms with Crippen LogP contribution in [0.2, 0.25) is 5.02 Å². The normalized spacial score (nSPS) is 11.5. The van der Waals surface area contributed by atoms with Crippen molar-refractivity contribution in [3.05, 3.63) is 28.8 Å². The van der Waals surface area contributed by atoms with Crippen LogP contribution in [0, 0.1) is 0 Å². The zero-order valence-electron chi connectivity index (χ0n) is 15.9. The molecule has 11 heteroatoms. The van der Waals surface area contributed by atoms with E-state index >= 15 is 0 Å². The zero-order chi connectivity index (χ0) is 20.4. The van der Waals surface area contributed by atoms with E-state index in [9.17, 15) is 18.0 Å². The number of guanidine groups is 1. The summed E-state index contributed by atoms with van der Waals surface area (Å²) >= 11 is 6.18. The van der Waals surface area contributed by atoms with E-state index in [-0.39, 0.29) is 30.5 Å². The Morgan fingerprint density at radius 2 is 2.00 bits per heavy atom. The van der Waals surface area contributed by atoms with Crippen LogP contribution in [0.15, 0.2) is 23.2 Å². The summed E-state index contributed by atoms with van der Waals surface area (Å²) in [5, 5.41) is 6.53. The van der Waals surface area contributed by atoms with Gasteiger partial charge in [-0.15, -0.1) is 24.0 Å². The Kier molecular flexibility index (Phi) is 12.3. The van der Waals surface area contributed by atoms with Crippen molar-refractivity contribution in [2.24, 2.45) is 4.99 Å². The monoisotopic (exact) mass is 536 g/mol. The second-order valence-corrected chi connectivity index (χ2v) is 6.10. The molecule has 0 heterocycles. The Morgan fingerprint density at radius 1 is 1.32 bits per heavy atom. The topological polar surface area (TPSA) is 66.0 Å². The molecule has 0 fully saturated rings. The van der Waals surface area contributed by atoms with Crippen molar-refractivity contribution in [2.75, 3.05) is 40.3 Å². The number of rotatable bonds is 8. The number of alkyl halides is 3. The fourth-order valence-electron chi connectivity index (χ4n) is 2.14. The largest absolute Gasteiger partial charge is 0.497 e. The number of likely N-dealkylation sites (N-methyl/N-ethyl adjacent to an activating group) is 1. The van der Waals surface area contributed by atoms with Crippen molar-refractivity contribution < 1.29 is 22.7 Å². The van der Waals surface area contributed by atoms with Gasteiger partial charge in [0.2, 0.25) is 5.91 Å². The first-order valence-electron chi connectivity index (χ1n) is 8.31. The lowest BCUT2D eigenvalue weighted by Gasteiger charge is -2.18. The van der Waals surface area contributed by atoms with Crippen LogP contribution in [-0.2, 0) is 11.2 Å². The zero-order valence-corrected chi connectivity index (χ0v) is 19.0. The van der Waals surface area contributed by atoms with Crippen LogP contribution in [0.3, 0.4) is 0 Å². The molecule has 0 radical (unpaired) electrons. The summed E-state index contributed by atoms with van der Waals surface area (Å²) in [7, 11) is 2.65. The van der Waals surface area contributed by atoms with Crippen LogP contribution in [0.1, 0.15) is 12.5 Å². The molecule has 28 heavy (non-hydrogen) atoms. The van der Waals surface area contributed by atoms with Gasteiger partial charge in [-0.2, -0.15) is 13.2 Å². The number of nitrogens with one attached hydrogen (secondary N) is 2. The average Bonchev–Trinajstić information content (AvgIpc) is 2.59.